The third-order valence-corrected chi connectivity index (χ3v) is 2.39. The van der Waals surface area contributed by atoms with E-state index in [4.69, 9.17) is 17.3 Å². The van der Waals surface area contributed by atoms with E-state index in [0.717, 1.165) is 0 Å². The first-order chi connectivity index (χ1) is 8.61. The number of benzene rings is 1. The smallest absolute Gasteiger partial charge is 0.177 e. The van der Waals surface area contributed by atoms with Crippen LogP contribution in [-0.2, 0) is 0 Å². The van der Waals surface area contributed by atoms with Gasteiger partial charge in [0.05, 0.1) is 10.7 Å². The average molecular weight is 267 g/mol. The molecule has 1 heterocycles. The Bertz CT molecular complexity index is 623. The third-order valence-electron chi connectivity index (χ3n) is 2.10. The van der Waals surface area contributed by atoms with Crippen LogP contribution in [0.15, 0.2) is 34.4 Å². The SMILES string of the molecule is C=Cc1nonc1C(N)=Nc1ccc(F)c(Cl)c1. The number of amidine groups is 1. The summed E-state index contributed by atoms with van der Waals surface area (Å²) in [5, 5.41) is 7.15. The van der Waals surface area contributed by atoms with Crippen LogP contribution in [0, 0.1) is 5.82 Å². The molecule has 0 saturated heterocycles. The van der Waals surface area contributed by atoms with E-state index in [2.05, 4.69) is 26.5 Å². The van der Waals surface area contributed by atoms with Crippen molar-refractivity contribution in [1.29, 1.82) is 0 Å². The number of nitrogens with two attached hydrogens (primary N) is 1. The molecule has 0 radical (unpaired) electrons. The molecule has 2 rings (SSSR count). The molecule has 5 nitrogen and oxygen atoms in total. The lowest BCUT2D eigenvalue weighted by Gasteiger charge is -1.99. The highest BCUT2D eigenvalue weighted by atomic mass is 35.5. The number of hydrogen-bond donors (Lipinski definition) is 1. The number of aromatic nitrogens is 2. The van der Waals surface area contributed by atoms with Gasteiger partial charge in [0.2, 0.25) is 0 Å². The summed E-state index contributed by atoms with van der Waals surface area (Å²) in [6.45, 7) is 3.54. The fraction of sp³-hybridized carbons (Fsp3) is 0. The van der Waals surface area contributed by atoms with Crippen LogP contribution < -0.4 is 5.73 Å². The number of nitrogens with zero attached hydrogens (tertiary/aromatic N) is 3. The van der Waals surface area contributed by atoms with Gasteiger partial charge in [-0.15, -0.1) is 0 Å². The maximum Gasteiger partial charge on any atom is 0.177 e. The van der Waals surface area contributed by atoms with Crippen LogP contribution in [-0.4, -0.2) is 16.1 Å². The molecule has 0 atom stereocenters. The predicted molar refractivity (Wildman–Crippen MR) is 66.2 cm³/mol. The van der Waals surface area contributed by atoms with Crippen molar-refractivity contribution in [2.75, 3.05) is 0 Å². The Morgan fingerprint density at radius 3 is 2.94 bits per heavy atom. The highest BCUT2D eigenvalue weighted by molar-refractivity contribution is 6.31. The second-order valence-electron chi connectivity index (χ2n) is 3.30. The van der Waals surface area contributed by atoms with Crippen molar-refractivity contribution < 1.29 is 9.02 Å². The molecular formula is C11H8ClFN4O. The van der Waals surface area contributed by atoms with E-state index in [-0.39, 0.29) is 16.6 Å². The van der Waals surface area contributed by atoms with Gasteiger partial charge in [0.1, 0.15) is 11.5 Å². The maximum absolute atomic E-state index is 13.0. The maximum atomic E-state index is 13.0. The van der Waals surface area contributed by atoms with E-state index >= 15 is 0 Å². The Labute approximate surface area is 107 Å². The van der Waals surface area contributed by atoms with Crippen LogP contribution in [0.5, 0.6) is 0 Å². The minimum absolute atomic E-state index is 0.0359. The van der Waals surface area contributed by atoms with Crippen molar-refractivity contribution in [3.63, 3.8) is 0 Å². The van der Waals surface area contributed by atoms with Gasteiger partial charge in [-0.3, -0.25) is 0 Å². The van der Waals surface area contributed by atoms with Crippen LogP contribution in [0.3, 0.4) is 0 Å². The number of halogens is 2. The first kappa shape index (κ1) is 12.3. The van der Waals surface area contributed by atoms with Gasteiger partial charge in [-0.25, -0.2) is 14.0 Å². The highest BCUT2D eigenvalue weighted by Gasteiger charge is 2.11. The summed E-state index contributed by atoms with van der Waals surface area (Å²) in [6, 6.07) is 3.99. The molecule has 0 saturated carbocycles. The molecule has 0 unspecified atom stereocenters. The average Bonchev–Trinajstić information content (AvgIpc) is 2.82. The molecule has 7 heteroatoms. The van der Waals surface area contributed by atoms with Gasteiger partial charge < -0.3 is 5.73 Å². The second-order valence-corrected chi connectivity index (χ2v) is 3.70. The van der Waals surface area contributed by atoms with Crippen molar-refractivity contribution >= 4 is 29.2 Å². The third kappa shape index (κ3) is 2.38. The molecule has 0 spiro atoms. The van der Waals surface area contributed by atoms with Crippen LogP contribution >= 0.6 is 11.6 Å². The van der Waals surface area contributed by atoms with Crippen molar-refractivity contribution in [2.24, 2.45) is 10.7 Å². The summed E-state index contributed by atoms with van der Waals surface area (Å²) >= 11 is 5.63. The lowest BCUT2D eigenvalue weighted by Crippen LogP contribution is -2.14. The summed E-state index contributed by atoms with van der Waals surface area (Å²) < 4.78 is 17.5. The second kappa shape index (κ2) is 4.97. The zero-order valence-electron chi connectivity index (χ0n) is 9.10. The predicted octanol–water partition coefficient (Wildman–Crippen LogP) is 2.54. The van der Waals surface area contributed by atoms with E-state index in [1.54, 1.807) is 0 Å². The molecule has 2 aromatic rings. The molecule has 0 aliphatic rings. The Hall–Kier alpha value is -2.21. The van der Waals surface area contributed by atoms with E-state index < -0.39 is 5.82 Å². The number of aliphatic imine (C=N–C) groups is 1. The van der Waals surface area contributed by atoms with Gasteiger partial charge in [-0.2, -0.15) is 0 Å². The van der Waals surface area contributed by atoms with Gasteiger partial charge >= 0.3 is 0 Å². The van der Waals surface area contributed by atoms with Gasteiger partial charge in [-0.05, 0) is 34.6 Å². The van der Waals surface area contributed by atoms with Crippen LogP contribution in [0.25, 0.3) is 6.08 Å². The fourth-order valence-corrected chi connectivity index (χ4v) is 1.43. The standard InChI is InChI=1S/C11H8ClFN4O/c1-2-9-10(17-18-16-9)11(14)15-6-3-4-8(13)7(12)5-6/h2-5H,1H2,(H2,14,15). The molecule has 2 N–H and O–H groups in total. The lowest BCUT2D eigenvalue weighted by atomic mass is 10.3. The zero-order chi connectivity index (χ0) is 13.1. The Morgan fingerprint density at radius 2 is 2.28 bits per heavy atom. The molecule has 1 aromatic carbocycles. The van der Waals surface area contributed by atoms with Gasteiger partial charge in [-0.1, -0.05) is 18.2 Å². The minimum atomic E-state index is -0.524. The Kier molecular flexibility index (Phi) is 3.38. The largest absolute Gasteiger partial charge is 0.382 e. The minimum Gasteiger partial charge on any atom is -0.382 e. The summed E-state index contributed by atoms with van der Waals surface area (Å²) in [6.07, 6.45) is 1.44. The first-order valence-corrected chi connectivity index (χ1v) is 5.24. The molecule has 18 heavy (non-hydrogen) atoms. The molecule has 1 aromatic heterocycles. The van der Waals surface area contributed by atoms with Crippen molar-refractivity contribution in [2.45, 2.75) is 0 Å². The van der Waals surface area contributed by atoms with Gasteiger partial charge in [0.25, 0.3) is 0 Å². The van der Waals surface area contributed by atoms with Crippen LogP contribution in [0.4, 0.5) is 10.1 Å². The monoisotopic (exact) mass is 266 g/mol. The molecule has 0 amide bonds. The highest BCUT2D eigenvalue weighted by Crippen LogP contribution is 2.22. The zero-order valence-corrected chi connectivity index (χ0v) is 9.86. The number of hydrogen-bond acceptors (Lipinski definition) is 4. The molecule has 0 fully saturated rings. The Morgan fingerprint density at radius 1 is 1.50 bits per heavy atom. The molecular weight excluding hydrogens is 259 g/mol. The van der Waals surface area contributed by atoms with E-state index in [9.17, 15) is 4.39 Å². The quantitative estimate of drug-likeness (QED) is 0.684. The summed E-state index contributed by atoms with van der Waals surface area (Å²) in [7, 11) is 0. The topological polar surface area (TPSA) is 77.3 Å². The summed E-state index contributed by atoms with van der Waals surface area (Å²) in [5.41, 5.74) is 6.79. The van der Waals surface area contributed by atoms with Crippen LogP contribution in [0.1, 0.15) is 11.4 Å². The van der Waals surface area contributed by atoms with Gasteiger partial charge in [0.15, 0.2) is 11.5 Å². The normalized spacial score (nSPS) is 11.6. The van der Waals surface area contributed by atoms with Crippen molar-refractivity contribution in [3.05, 3.63) is 47.0 Å². The lowest BCUT2D eigenvalue weighted by molar-refractivity contribution is 0.305. The fourth-order valence-electron chi connectivity index (χ4n) is 1.25. The Balaban J connectivity index is 2.38. The summed E-state index contributed by atoms with van der Waals surface area (Å²) in [5.74, 6) is -0.446. The van der Waals surface area contributed by atoms with Gasteiger partial charge in [0, 0.05) is 0 Å². The summed E-state index contributed by atoms with van der Waals surface area (Å²) in [4.78, 5) is 4.05. The first-order valence-electron chi connectivity index (χ1n) is 4.86. The van der Waals surface area contributed by atoms with Crippen molar-refractivity contribution in [3.8, 4) is 0 Å². The van der Waals surface area contributed by atoms with E-state index in [0.29, 0.717) is 11.4 Å². The van der Waals surface area contributed by atoms with E-state index in [1.807, 2.05) is 0 Å². The molecule has 92 valence electrons. The van der Waals surface area contributed by atoms with Crippen molar-refractivity contribution in [1.82, 2.24) is 10.3 Å². The molecule has 0 bridgehead atoms. The molecule has 0 aliphatic carbocycles. The molecule has 0 aliphatic heterocycles. The van der Waals surface area contributed by atoms with E-state index in [1.165, 1.54) is 24.3 Å². The van der Waals surface area contributed by atoms with Crippen LogP contribution in [0.2, 0.25) is 5.02 Å². The number of rotatable bonds is 3.